The molecule has 7 nitrogen and oxygen atoms in total. The van der Waals surface area contributed by atoms with Gasteiger partial charge in [-0.05, 0) is 30.9 Å². The third kappa shape index (κ3) is 2.59. The van der Waals surface area contributed by atoms with Crippen molar-refractivity contribution >= 4 is 11.9 Å². The number of amides is 3. The van der Waals surface area contributed by atoms with Gasteiger partial charge in [0.1, 0.15) is 11.2 Å². The lowest BCUT2D eigenvalue weighted by Crippen LogP contribution is -2.53. The van der Waals surface area contributed by atoms with Gasteiger partial charge >= 0.3 is 6.03 Å². The fourth-order valence-electron chi connectivity index (χ4n) is 3.85. The summed E-state index contributed by atoms with van der Waals surface area (Å²) in [6, 6.07) is 9.21. The SMILES string of the molecule is C[C@@H]1CCCC[C@@]12NC(=O)N(Cc1cnn(-c3ccccc3)n1)C2=O. The number of carbonyl (C=O) groups excluding carboxylic acids is 2. The zero-order chi connectivity index (χ0) is 17.4. The standard InChI is InChI=1S/C18H21N5O2/c1-13-7-5-6-10-18(13)16(24)22(17(25)20-18)12-14-11-19-23(21-14)15-8-3-2-4-9-15/h2-4,8-9,11,13H,5-7,10,12H2,1H3,(H,20,25)/t13-,18-/m1/s1. The Balaban J connectivity index is 1.54. The summed E-state index contributed by atoms with van der Waals surface area (Å²) in [6.45, 7) is 2.19. The number of nitrogens with one attached hydrogen (secondary N) is 1. The minimum absolute atomic E-state index is 0.126. The lowest BCUT2D eigenvalue weighted by molar-refractivity contribution is -0.134. The van der Waals surface area contributed by atoms with Crippen molar-refractivity contribution in [1.29, 1.82) is 0 Å². The molecule has 1 aliphatic carbocycles. The highest BCUT2D eigenvalue weighted by atomic mass is 16.2. The molecule has 1 aromatic carbocycles. The number of hydrogen-bond acceptors (Lipinski definition) is 4. The van der Waals surface area contributed by atoms with E-state index >= 15 is 0 Å². The minimum atomic E-state index is -0.731. The molecule has 7 heteroatoms. The molecule has 25 heavy (non-hydrogen) atoms. The summed E-state index contributed by atoms with van der Waals surface area (Å²) in [6.07, 6.45) is 5.35. The van der Waals surface area contributed by atoms with E-state index in [1.54, 1.807) is 6.20 Å². The molecule has 2 fully saturated rings. The van der Waals surface area contributed by atoms with Crippen LogP contribution in [0, 0.1) is 5.92 Å². The summed E-state index contributed by atoms with van der Waals surface area (Å²) >= 11 is 0. The van der Waals surface area contributed by atoms with Crippen molar-refractivity contribution in [3.8, 4) is 5.69 Å². The van der Waals surface area contributed by atoms with E-state index in [1.807, 2.05) is 37.3 Å². The fourth-order valence-corrected chi connectivity index (χ4v) is 3.85. The van der Waals surface area contributed by atoms with E-state index in [0.29, 0.717) is 12.1 Å². The van der Waals surface area contributed by atoms with Crippen LogP contribution in [-0.4, -0.2) is 37.4 Å². The van der Waals surface area contributed by atoms with Gasteiger partial charge in [-0.1, -0.05) is 38.0 Å². The molecule has 3 amide bonds. The van der Waals surface area contributed by atoms with Gasteiger partial charge in [0, 0.05) is 0 Å². The molecule has 1 saturated carbocycles. The second-order valence-corrected chi connectivity index (χ2v) is 6.90. The maximum Gasteiger partial charge on any atom is 0.325 e. The van der Waals surface area contributed by atoms with Crippen LogP contribution in [0.4, 0.5) is 4.79 Å². The monoisotopic (exact) mass is 339 g/mol. The smallest absolute Gasteiger partial charge is 0.323 e. The second kappa shape index (κ2) is 5.98. The molecule has 1 N–H and O–H groups in total. The zero-order valence-corrected chi connectivity index (χ0v) is 14.2. The molecule has 1 aliphatic heterocycles. The van der Waals surface area contributed by atoms with Crippen LogP contribution in [0.3, 0.4) is 0 Å². The van der Waals surface area contributed by atoms with Crippen LogP contribution < -0.4 is 5.32 Å². The van der Waals surface area contributed by atoms with E-state index in [4.69, 9.17) is 0 Å². The van der Waals surface area contributed by atoms with Crippen molar-refractivity contribution in [3.05, 3.63) is 42.2 Å². The lowest BCUT2D eigenvalue weighted by Gasteiger charge is -2.36. The Hall–Kier alpha value is -2.70. The van der Waals surface area contributed by atoms with Crippen LogP contribution in [-0.2, 0) is 11.3 Å². The third-order valence-corrected chi connectivity index (χ3v) is 5.35. The summed E-state index contributed by atoms with van der Waals surface area (Å²) in [4.78, 5) is 28.2. The van der Waals surface area contributed by atoms with Crippen molar-refractivity contribution < 1.29 is 9.59 Å². The molecular formula is C18H21N5O2. The first-order chi connectivity index (χ1) is 12.1. The molecule has 1 aromatic heterocycles. The number of para-hydroxylation sites is 1. The predicted octanol–water partition coefficient (Wildman–Crippen LogP) is 2.27. The van der Waals surface area contributed by atoms with E-state index in [2.05, 4.69) is 15.5 Å². The maximum atomic E-state index is 13.0. The summed E-state index contributed by atoms with van der Waals surface area (Å²) in [5, 5.41) is 11.6. The number of hydrogen-bond donors (Lipinski definition) is 1. The molecule has 2 atom stereocenters. The molecule has 1 spiro atoms. The van der Waals surface area contributed by atoms with E-state index < -0.39 is 5.54 Å². The number of imide groups is 1. The molecule has 0 bridgehead atoms. The Labute approximate surface area is 146 Å². The highest BCUT2D eigenvalue weighted by Crippen LogP contribution is 2.38. The van der Waals surface area contributed by atoms with Gasteiger partial charge in [-0.15, -0.1) is 0 Å². The first-order valence-electron chi connectivity index (χ1n) is 8.71. The summed E-state index contributed by atoms with van der Waals surface area (Å²) in [5.74, 6) is 0.0293. The topological polar surface area (TPSA) is 80.1 Å². The first kappa shape index (κ1) is 15.8. The number of nitrogens with zero attached hydrogens (tertiary/aromatic N) is 4. The van der Waals surface area contributed by atoms with Crippen LogP contribution in [0.5, 0.6) is 0 Å². The van der Waals surface area contributed by atoms with Crippen molar-refractivity contribution in [3.63, 3.8) is 0 Å². The molecule has 0 unspecified atom stereocenters. The molecule has 2 aromatic rings. The Bertz CT molecular complexity index is 803. The average Bonchev–Trinajstić information content (AvgIpc) is 3.18. The van der Waals surface area contributed by atoms with E-state index in [-0.39, 0.29) is 24.4 Å². The normalized spacial score (nSPS) is 26.3. The molecule has 2 aliphatic rings. The van der Waals surface area contributed by atoms with Crippen LogP contribution in [0.25, 0.3) is 5.69 Å². The van der Waals surface area contributed by atoms with Crippen LogP contribution >= 0.6 is 0 Å². The Morgan fingerprint density at radius 2 is 2.04 bits per heavy atom. The number of carbonyl (C=O) groups is 2. The molecule has 0 radical (unpaired) electrons. The zero-order valence-electron chi connectivity index (χ0n) is 14.2. The predicted molar refractivity (Wildman–Crippen MR) is 90.8 cm³/mol. The van der Waals surface area contributed by atoms with Crippen molar-refractivity contribution in [2.75, 3.05) is 0 Å². The van der Waals surface area contributed by atoms with Crippen molar-refractivity contribution in [1.82, 2.24) is 25.2 Å². The Morgan fingerprint density at radius 1 is 1.24 bits per heavy atom. The highest BCUT2D eigenvalue weighted by molar-refractivity contribution is 6.07. The second-order valence-electron chi connectivity index (χ2n) is 6.90. The summed E-state index contributed by atoms with van der Waals surface area (Å²) in [7, 11) is 0. The lowest BCUT2D eigenvalue weighted by atomic mass is 9.73. The van der Waals surface area contributed by atoms with E-state index in [9.17, 15) is 9.59 Å². The van der Waals surface area contributed by atoms with Gasteiger partial charge in [-0.25, -0.2) is 4.79 Å². The molecule has 130 valence electrons. The van der Waals surface area contributed by atoms with Crippen molar-refractivity contribution in [2.24, 2.45) is 5.92 Å². The molecule has 4 rings (SSSR count). The highest BCUT2D eigenvalue weighted by Gasteiger charge is 2.54. The third-order valence-electron chi connectivity index (χ3n) is 5.35. The number of urea groups is 1. The van der Waals surface area contributed by atoms with Crippen molar-refractivity contribution in [2.45, 2.75) is 44.7 Å². The molecule has 1 saturated heterocycles. The number of benzene rings is 1. The number of rotatable bonds is 3. The quantitative estimate of drug-likeness (QED) is 0.870. The van der Waals surface area contributed by atoms with Crippen LogP contribution in [0.1, 0.15) is 38.3 Å². The average molecular weight is 339 g/mol. The van der Waals surface area contributed by atoms with Gasteiger partial charge in [-0.3, -0.25) is 9.69 Å². The van der Waals surface area contributed by atoms with Gasteiger partial charge in [0.15, 0.2) is 0 Å². The van der Waals surface area contributed by atoms with Gasteiger partial charge in [-0.2, -0.15) is 15.0 Å². The first-order valence-corrected chi connectivity index (χ1v) is 8.71. The van der Waals surface area contributed by atoms with Gasteiger partial charge in [0.2, 0.25) is 0 Å². The van der Waals surface area contributed by atoms with Crippen LogP contribution in [0.2, 0.25) is 0 Å². The fraction of sp³-hybridized carbons (Fsp3) is 0.444. The van der Waals surface area contributed by atoms with Gasteiger partial charge < -0.3 is 5.32 Å². The minimum Gasteiger partial charge on any atom is -0.323 e. The summed E-state index contributed by atoms with van der Waals surface area (Å²) in [5.41, 5.74) is 0.696. The Morgan fingerprint density at radius 3 is 2.80 bits per heavy atom. The largest absolute Gasteiger partial charge is 0.325 e. The van der Waals surface area contributed by atoms with Gasteiger partial charge in [0.25, 0.3) is 5.91 Å². The van der Waals surface area contributed by atoms with E-state index in [0.717, 1.165) is 24.9 Å². The summed E-state index contributed by atoms with van der Waals surface area (Å²) < 4.78 is 0. The van der Waals surface area contributed by atoms with E-state index in [1.165, 1.54) is 9.70 Å². The maximum absolute atomic E-state index is 13.0. The van der Waals surface area contributed by atoms with Gasteiger partial charge in [0.05, 0.1) is 18.4 Å². The molecule has 2 heterocycles. The molecular weight excluding hydrogens is 318 g/mol. The Kier molecular flexibility index (Phi) is 3.78. The number of aromatic nitrogens is 3. The van der Waals surface area contributed by atoms with Crippen LogP contribution in [0.15, 0.2) is 36.5 Å².